The van der Waals surface area contributed by atoms with Gasteiger partial charge in [0.2, 0.25) is 0 Å². The Bertz CT molecular complexity index is 281. The third-order valence-corrected chi connectivity index (χ3v) is 2.38. The largest absolute Gasteiger partial charge is 0.344 e. The van der Waals surface area contributed by atoms with Gasteiger partial charge in [0.1, 0.15) is 0 Å². The fourth-order valence-corrected chi connectivity index (χ4v) is 1.86. The zero-order valence-electron chi connectivity index (χ0n) is 10.2. The van der Waals surface area contributed by atoms with E-state index in [1.807, 2.05) is 0 Å². The Morgan fingerprint density at radius 3 is 1.94 bits per heavy atom. The van der Waals surface area contributed by atoms with E-state index in [1.54, 1.807) is 20.8 Å². The van der Waals surface area contributed by atoms with Gasteiger partial charge < -0.3 is 24.8 Å². The Hall–Kier alpha value is -0.760. The van der Waals surface area contributed by atoms with Gasteiger partial charge in [0.05, 0.1) is 0 Å². The number of carbonyl (C=O) groups is 1. The predicted octanol–water partition coefficient (Wildman–Crippen LogP) is 0.123. The van der Waals surface area contributed by atoms with Gasteiger partial charge in [0.15, 0.2) is 11.2 Å². The molecule has 1 heterocycles. The highest BCUT2D eigenvalue weighted by atomic mass is 32.1. The molecule has 0 aromatic rings. The third-order valence-electron chi connectivity index (χ3n) is 2.16. The summed E-state index contributed by atoms with van der Waals surface area (Å²) >= 11 is 4.88. The van der Waals surface area contributed by atoms with Crippen molar-refractivity contribution < 1.29 is 19.0 Å². The maximum atomic E-state index is 11.8. The van der Waals surface area contributed by atoms with Crippen molar-refractivity contribution in [2.75, 3.05) is 19.8 Å². The Labute approximate surface area is 106 Å². The summed E-state index contributed by atoms with van der Waals surface area (Å²) in [6, 6.07) is -0.796. The number of carbonyl (C=O) groups excluding carboxylic acids is 1. The Balaban J connectivity index is 2.93. The molecule has 0 aromatic carbocycles. The lowest BCUT2D eigenvalue weighted by Crippen LogP contribution is -2.57. The summed E-state index contributed by atoms with van der Waals surface area (Å²) in [5.41, 5.74) is 0. The summed E-state index contributed by atoms with van der Waals surface area (Å²) in [4.78, 5) is 11.8. The van der Waals surface area contributed by atoms with Crippen LogP contribution in [0.15, 0.2) is 0 Å². The average molecular weight is 262 g/mol. The summed E-state index contributed by atoms with van der Waals surface area (Å²) < 4.78 is 16.5. The fourth-order valence-electron chi connectivity index (χ4n) is 1.64. The van der Waals surface area contributed by atoms with E-state index >= 15 is 0 Å². The van der Waals surface area contributed by atoms with Gasteiger partial charge in [-0.25, -0.2) is 0 Å². The quantitative estimate of drug-likeness (QED) is 0.502. The molecule has 6 nitrogen and oxygen atoms in total. The summed E-state index contributed by atoms with van der Waals surface area (Å²) in [6.45, 7) is 6.49. The van der Waals surface area contributed by atoms with Gasteiger partial charge in [-0.15, -0.1) is 0 Å². The molecule has 1 aliphatic heterocycles. The van der Waals surface area contributed by atoms with Crippen LogP contribution in [0.2, 0.25) is 0 Å². The second-order valence-corrected chi connectivity index (χ2v) is 3.71. The summed E-state index contributed by atoms with van der Waals surface area (Å²) in [5.74, 6) is -1.74. The maximum absolute atomic E-state index is 11.8. The van der Waals surface area contributed by atoms with Crippen LogP contribution in [0, 0.1) is 0 Å². The van der Waals surface area contributed by atoms with Gasteiger partial charge >= 0.3 is 5.97 Å². The summed E-state index contributed by atoms with van der Waals surface area (Å²) in [6.07, 6.45) is 0. The van der Waals surface area contributed by atoms with E-state index in [1.165, 1.54) is 0 Å². The fraction of sp³-hybridized carbons (Fsp3) is 0.800. The Morgan fingerprint density at radius 2 is 1.65 bits per heavy atom. The SMILES string of the molecule is CCOC(OCC)(OCC)C1NC(=S)NC1=O. The van der Waals surface area contributed by atoms with Crippen LogP contribution in [0.3, 0.4) is 0 Å². The molecule has 0 radical (unpaired) electrons. The standard InChI is InChI=1S/C10H18N2O4S/c1-4-14-10(15-5-2,16-6-3)7-8(13)12-9(17)11-7/h7H,4-6H2,1-3H3,(H2,11,12,13,17). The summed E-state index contributed by atoms with van der Waals surface area (Å²) in [5, 5.41) is 5.54. The van der Waals surface area contributed by atoms with Crippen molar-refractivity contribution in [3.63, 3.8) is 0 Å². The smallest absolute Gasteiger partial charge is 0.314 e. The number of hydrogen-bond donors (Lipinski definition) is 2. The molecular weight excluding hydrogens is 244 g/mol. The lowest BCUT2D eigenvalue weighted by atomic mass is 10.2. The molecule has 2 N–H and O–H groups in total. The van der Waals surface area contributed by atoms with Gasteiger partial charge in [-0.3, -0.25) is 4.79 Å². The van der Waals surface area contributed by atoms with Crippen LogP contribution < -0.4 is 10.6 Å². The monoisotopic (exact) mass is 262 g/mol. The lowest BCUT2D eigenvalue weighted by molar-refractivity contribution is -0.382. The molecule has 1 amide bonds. The van der Waals surface area contributed by atoms with Crippen molar-refractivity contribution in [3.05, 3.63) is 0 Å². The molecular formula is C10H18N2O4S. The van der Waals surface area contributed by atoms with Gasteiger partial charge in [-0.05, 0) is 33.0 Å². The van der Waals surface area contributed by atoms with E-state index in [0.717, 1.165) is 0 Å². The molecule has 1 saturated heterocycles. The molecule has 0 bridgehead atoms. The predicted molar refractivity (Wildman–Crippen MR) is 65.3 cm³/mol. The zero-order valence-corrected chi connectivity index (χ0v) is 11.1. The van der Waals surface area contributed by atoms with Gasteiger partial charge in [0.25, 0.3) is 5.91 Å². The van der Waals surface area contributed by atoms with Crippen molar-refractivity contribution in [1.82, 2.24) is 10.6 Å². The van der Waals surface area contributed by atoms with Crippen LogP contribution in [-0.2, 0) is 19.0 Å². The highest BCUT2D eigenvalue weighted by molar-refractivity contribution is 7.80. The molecule has 17 heavy (non-hydrogen) atoms. The molecule has 7 heteroatoms. The van der Waals surface area contributed by atoms with Crippen LogP contribution in [0.4, 0.5) is 0 Å². The molecule has 98 valence electrons. The van der Waals surface area contributed by atoms with Crippen molar-refractivity contribution >= 4 is 23.2 Å². The van der Waals surface area contributed by atoms with Crippen LogP contribution >= 0.6 is 12.2 Å². The normalized spacial score (nSPS) is 20.3. The minimum Gasteiger partial charge on any atom is -0.344 e. The van der Waals surface area contributed by atoms with Gasteiger partial charge in [-0.1, -0.05) is 0 Å². The number of amides is 1. The molecule has 0 spiro atoms. The molecule has 1 rings (SSSR count). The van der Waals surface area contributed by atoms with E-state index in [9.17, 15) is 4.79 Å². The lowest BCUT2D eigenvalue weighted by Gasteiger charge is -2.35. The highest BCUT2D eigenvalue weighted by Gasteiger charge is 2.50. The minimum absolute atomic E-state index is 0.253. The molecule has 1 aliphatic rings. The molecule has 1 fully saturated rings. The number of hydrogen-bond acceptors (Lipinski definition) is 5. The van der Waals surface area contributed by atoms with Crippen molar-refractivity contribution in [2.45, 2.75) is 32.8 Å². The molecule has 0 saturated carbocycles. The first-order valence-corrected chi connectivity index (χ1v) is 6.03. The van der Waals surface area contributed by atoms with E-state index in [4.69, 9.17) is 26.4 Å². The molecule has 0 aliphatic carbocycles. The Morgan fingerprint density at radius 1 is 1.18 bits per heavy atom. The van der Waals surface area contributed by atoms with Crippen molar-refractivity contribution in [3.8, 4) is 0 Å². The van der Waals surface area contributed by atoms with Crippen LogP contribution in [0.1, 0.15) is 20.8 Å². The van der Waals surface area contributed by atoms with Crippen LogP contribution in [0.5, 0.6) is 0 Å². The van der Waals surface area contributed by atoms with Gasteiger partial charge in [0, 0.05) is 19.8 Å². The van der Waals surface area contributed by atoms with Crippen molar-refractivity contribution in [1.29, 1.82) is 0 Å². The van der Waals surface area contributed by atoms with E-state index in [-0.39, 0.29) is 11.0 Å². The number of nitrogens with one attached hydrogen (secondary N) is 2. The topological polar surface area (TPSA) is 68.8 Å². The first kappa shape index (κ1) is 14.3. The van der Waals surface area contributed by atoms with E-state index < -0.39 is 12.0 Å². The number of thiocarbonyl (C=S) groups is 1. The minimum atomic E-state index is -1.43. The van der Waals surface area contributed by atoms with Crippen LogP contribution in [-0.4, -0.2) is 42.9 Å². The average Bonchev–Trinajstić information content (AvgIpc) is 2.59. The van der Waals surface area contributed by atoms with Crippen molar-refractivity contribution in [2.24, 2.45) is 0 Å². The maximum Gasteiger partial charge on any atom is 0.314 e. The van der Waals surface area contributed by atoms with Gasteiger partial charge in [-0.2, -0.15) is 0 Å². The Kier molecular flexibility index (Phi) is 5.26. The number of rotatable bonds is 7. The highest BCUT2D eigenvalue weighted by Crippen LogP contribution is 2.23. The van der Waals surface area contributed by atoms with Crippen LogP contribution in [0.25, 0.3) is 0 Å². The summed E-state index contributed by atoms with van der Waals surface area (Å²) in [7, 11) is 0. The third kappa shape index (κ3) is 3.12. The first-order valence-electron chi connectivity index (χ1n) is 5.62. The second-order valence-electron chi connectivity index (χ2n) is 3.30. The van der Waals surface area contributed by atoms with E-state index in [2.05, 4.69) is 10.6 Å². The number of ether oxygens (including phenoxy) is 3. The second kappa shape index (κ2) is 6.25. The zero-order chi connectivity index (χ0) is 12.9. The molecule has 1 atom stereocenters. The van der Waals surface area contributed by atoms with E-state index in [0.29, 0.717) is 19.8 Å². The molecule has 0 aromatic heterocycles. The molecule has 1 unspecified atom stereocenters. The first-order chi connectivity index (χ1) is 8.09.